The van der Waals surface area contributed by atoms with Gasteiger partial charge in [0.25, 0.3) is 0 Å². The van der Waals surface area contributed by atoms with Crippen LogP contribution < -0.4 is 10.0 Å². The average Bonchev–Trinajstić information content (AvgIpc) is 2.68. The molecule has 0 saturated carbocycles. The van der Waals surface area contributed by atoms with Crippen LogP contribution in [-0.4, -0.2) is 31.4 Å². The summed E-state index contributed by atoms with van der Waals surface area (Å²) in [5.74, 6) is 0.114. The van der Waals surface area contributed by atoms with E-state index in [1.807, 2.05) is 43.3 Å². The zero-order chi connectivity index (χ0) is 20.9. The molecule has 6 nitrogen and oxygen atoms in total. The minimum atomic E-state index is -3.28. The third-order valence-electron chi connectivity index (χ3n) is 5.40. The van der Waals surface area contributed by atoms with Gasteiger partial charge in [-0.15, -0.1) is 0 Å². The lowest BCUT2D eigenvalue weighted by molar-refractivity contribution is 0.185. The van der Waals surface area contributed by atoms with E-state index in [0.717, 1.165) is 36.0 Å². The minimum absolute atomic E-state index is 0.00412. The lowest BCUT2D eigenvalue weighted by atomic mass is 9.75. The molecule has 156 valence electrons. The van der Waals surface area contributed by atoms with Gasteiger partial charge < -0.3 is 10.4 Å². The Hall–Kier alpha value is -2.38. The maximum Gasteiger partial charge on any atom is 0.404 e. The van der Waals surface area contributed by atoms with Crippen molar-refractivity contribution in [1.82, 2.24) is 10.0 Å². The van der Waals surface area contributed by atoms with Crippen molar-refractivity contribution >= 4 is 16.1 Å². The van der Waals surface area contributed by atoms with Crippen molar-refractivity contribution in [2.45, 2.75) is 51.1 Å². The topological polar surface area (TPSA) is 95.5 Å². The molecule has 7 heteroatoms. The molecule has 2 atom stereocenters. The summed E-state index contributed by atoms with van der Waals surface area (Å²) in [5, 5.41) is 12.0. The van der Waals surface area contributed by atoms with Gasteiger partial charge in [0.1, 0.15) is 0 Å². The Morgan fingerprint density at radius 1 is 1.14 bits per heavy atom. The first-order chi connectivity index (χ1) is 13.9. The van der Waals surface area contributed by atoms with Gasteiger partial charge in [0.2, 0.25) is 10.0 Å². The molecule has 2 aromatic carbocycles. The van der Waals surface area contributed by atoms with Crippen molar-refractivity contribution in [3.05, 3.63) is 70.8 Å². The number of hydrogen-bond acceptors (Lipinski definition) is 3. The number of sulfonamides is 1. The summed E-state index contributed by atoms with van der Waals surface area (Å²) in [6.45, 7) is 2.08. The van der Waals surface area contributed by atoms with Crippen molar-refractivity contribution < 1.29 is 18.3 Å². The predicted octanol–water partition coefficient (Wildman–Crippen LogP) is 3.42. The first-order valence-electron chi connectivity index (χ1n) is 10.0. The molecule has 0 fully saturated rings. The Kier molecular flexibility index (Phi) is 6.92. The van der Waals surface area contributed by atoms with Gasteiger partial charge in [-0.3, -0.25) is 0 Å². The second-order valence-electron chi connectivity index (χ2n) is 7.56. The second kappa shape index (κ2) is 9.41. The van der Waals surface area contributed by atoms with E-state index in [9.17, 15) is 18.3 Å². The van der Waals surface area contributed by atoms with E-state index in [1.54, 1.807) is 0 Å². The van der Waals surface area contributed by atoms with Gasteiger partial charge in [-0.2, -0.15) is 0 Å². The van der Waals surface area contributed by atoms with Crippen LogP contribution in [0.5, 0.6) is 0 Å². The van der Waals surface area contributed by atoms with Gasteiger partial charge in [0.15, 0.2) is 0 Å². The van der Waals surface area contributed by atoms with E-state index in [0.29, 0.717) is 6.42 Å². The summed E-state index contributed by atoms with van der Waals surface area (Å²) in [7, 11) is -3.28. The van der Waals surface area contributed by atoms with Crippen LogP contribution in [0, 0.1) is 0 Å². The lowest BCUT2D eigenvalue weighted by Gasteiger charge is -2.34. The Morgan fingerprint density at radius 3 is 2.59 bits per heavy atom. The molecule has 29 heavy (non-hydrogen) atoms. The Bertz CT molecular complexity index is 945. The smallest absolute Gasteiger partial charge is 0.404 e. The summed E-state index contributed by atoms with van der Waals surface area (Å²) < 4.78 is 26.6. The fourth-order valence-electron chi connectivity index (χ4n) is 4.04. The molecule has 0 radical (unpaired) electrons. The summed E-state index contributed by atoms with van der Waals surface area (Å²) in [5.41, 5.74) is 4.34. The van der Waals surface area contributed by atoms with Gasteiger partial charge >= 0.3 is 6.09 Å². The molecule has 2 unspecified atom stereocenters. The molecule has 3 rings (SSSR count). The van der Waals surface area contributed by atoms with Crippen molar-refractivity contribution in [1.29, 1.82) is 0 Å². The lowest BCUT2D eigenvalue weighted by Crippen LogP contribution is -2.42. The Balaban J connectivity index is 1.87. The molecule has 0 bridgehead atoms. The highest BCUT2D eigenvalue weighted by Gasteiger charge is 2.31. The maximum absolute atomic E-state index is 12.0. The summed E-state index contributed by atoms with van der Waals surface area (Å²) in [4.78, 5) is 11.3. The number of fused-ring (bicyclic) bond motifs is 1. The normalized spacial score (nSPS) is 18.8. The monoisotopic (exact) mass is 416 g/mol. The van der Waals surface area contributed by atoms with Crippen molar-refractivity contribution in [2.75, 3.05) is 5.75 Å². The van der Waals surface area contributed by atoms with Crippen LogP contribution >= 0.6 is 0 Å². The molecule has 2 aromatic rings. The molecular formula is C22H28N2O4S. The van der Waals surface area contributed by atoms with E-state index in [1.165, 1.54) is 5.56 Å². The summed E-state index contributed by atoms with van der Waals surface area (Å²) in [6, 6.07) is 15.9. The fraction of sp³-hybridized carbons (Fsp3) is 0.409. The number of rotatable bonds is 8. The third kappa shape index (κ3) is 5.81. The molecule has 1 aliphatic carbocycles. The summed E-state index contributed by atoms with van der Waals surface area (Å²) in [6.07, 6.45) is 1.83. The van der Waals surface area contributed by atoms with Crippen LogP contribution in [0.25, 0.3) is 0 Å². The highest BCUT2D eigenvalue weighted by Crippen LogP contribution is 2.35. The van der Waals surface area contributed by atoms with E-state index in [2.05, 4.69) is 22.2 Å². The van der Waals surface area contributed by atoms with E-state index >= 15 is 0 Å². The van der Waals surface area contributed by atoms with Gasteiger partial charge in [-0.1, -0.05) is 55.5 Å². The quantitative estimate of drug-likeness (QED) is 0.614. The molecule has 0 saturated heterocycles. The molecule has 1 aliphatic rings. The van der Waals surface area contributed by atoms with Crippen molar-refractivity contribution in [3.8, 4) is 0 Å². The molecule has 0 aromatic heterocycles. The minimum Gasteiger partial charge on any atom is -0.465 e. The first-order valence-corrected chi connectivity index (χ1v) is 11.7. The van der Waals surface area contributed by atoms with Crippen molar-refractivity contribution in [3.63, 3.8) is 0 Å². The highest BCUT2D eigenvalue weighted by molar-refractivity contribution is 7.89. The first kappa shape index (κ1) is 21.3. The standard InChI is InChI=1S/C22H28N2O4S/c1-2-12-29(27,28)23-15-17-8-9-18-10-11-21(24-22(25)26)20(19(18)14-17)13-16-6-4-3-5-7-16/h3-9,14,20-21,23-24H,2,10-13,15H2,1H3,(H,25,26). The van der Waals surface area contributed by atoms with E-state index in [-0.39, 0.29) is 24.3 Å². The number of hydrogen-bond donors (Lipinski definition) is 3. The van der Waals surface area contributed by atoms with Gasteiger partial charge in [0.05, 0.1) is 5.75 Å². The summed E-state index contributed by atoms with van der Waals surface area (Å²) >= 11 is 0. The SMILES string of the molecule is CCCS(=O)(=O)NCc1ccc2c(c1)C(Cc1ccccc1)C(NC(=O)O)CC2. The van der Waals surface area contributed by atoms with Crippen LogP contribution in [0.3, 0.4) is 0 Å². The van der Waals surface area contributed by atoms with E-state index < -0.39 is 16.1 Å². The van der Waals surface area contributed by atoms with Gasteiger partial charge in [-0.05, 0) is 47.9 Å². The predicted molar refractivity (Wildman–Crippen MR) is 114 cm³/mol. The largest absolute Gasteiger partial charge is 0.465 e. The molecule has 0 spiro atoms. The number of nitrogens with one attached hydrogen (secondary N) is 2. The maximum atomic E-state index is 12.0. The highest BCUT2D eigenvalue weighted by atomic mass is 32.2. The zero-order valence-corrected chi connectivity index (χ0v) is 17.4. The third-order valence-corrected chi connectivity index (χ3v) is 6.93. The number of carbonyl (C=O) groups is 1. The molecule has 0 aliphatic heterocycles. The fourth-order valence-corrected chi connectivity index (χ4v) is 5.11. The molecular weight excluding hydrogens is 388 g/mol. The van der Waals surface area contributed by atoms with Gasteiger partial charge in [0, 0.05) is 18.5 Å². The number of carboxylic acid groups (broad SMARTS) is 1. The van der Waals surface area contributed by atoms with Crippen LogP contribution in [0.15, 0.2) is 48.5 Å². The van der Waals surface area contributed by atoms with E-state index in [4.69, 9.17) is 0 Å². The zero-order valence-electron chi connectivity index (χ0n) is 16.6. The Labute approximate surface area is 172 Å². The number of benzene rings is 2. The molecule has 3 N–H and O–H groups in total. The number of amides is 1. The van der Waals surface area contributed by atoms with Crippen molar-refractivity contribution in [2.24, 2.45) is 0 Å². The van der Waals surface area contributed by atoms with Crippen LogP contribution in [0.2, 0.25) is 0 Å². The van der Waals surface area contributed by atoms with Crippen LogP contribution in [-0.2, 0) is 29.4 Å². The molecule has 1 amide bonds. The van der Waals surface area contributed by atoms with Gasteiger partial charge in [-0.25, -0.2) is 17.9 Å². The average molecular weight is 417 g/mol. The molecule has 0 heterocycles. The number of aryl methyl sites for hydroxylation is 1. The van der Waals surface area contributed by atoms with Crippen LogP contribution in [0.1, 0.15) is 47.9 Å². The van der Waals surface area contributed by atoms with Crippen LogP contribution in [0.4, 0.5) is 4.79 Å². The second-order valence-corrected chi connectivity index (χ2v) is 9.49. The Morgan fingerprint density at radius 2 is 1.90 bits per heavy atom.